The summed E-state index contributed by atoms with van der Waals surface area (Å²) in [5.74, 6) is 3.10. The molecule has 1 aromatic carbocycles. The Labute approximate surface area is 200 Å². The van der Waals surface area contributed by atoms with Crippen molar-refractivity contribution in [1.29, 1.82) is 0 Å². The van der Waals surface area contributed by atoms with Crippen LogP contribution in [0.25, 0.3) is 5.70 Å². The van der Waals surface area contributed by atoms with Crippen LogP contribution < -0.4 is 14.2 Å². The molecule has 3 aliphatic rings. The van der Waals surface area contributed by atoms with Gasteiger partial charge in [-0.2, -0.15) is 9.98 Å². The van der Waals surface area contributed by atoms with Crippen LogP contribution in [0, 0.1) is 6.92 Å². The summed E-state index contributed by atoms with van der Waals surface area (Å²) in [5.41, 5.74) is 2.95. The number of hydrogen-bond acceptors (Lipinski definition) is 11. The molecule has 2 atom stereocenters. The van der Waals surface area contributed by atoms with Gasteiger partial charge in [0.2, 0.25) is 24.0 Å². The molecule has 35 heavy (non-hydrogen) atoms. The van der Waals surface area contributed by atoms with E-state index in [4.69, 9.17) is 23.5 Å². The Hall–Kier alpha value is -4.12. The summed E-state index contributed by atoms with van der Waals surface area (Å²) in [6, 6.07) is 9.44. The van der Waals surface area contributed by atoms with Crippen molar-refractivity contribution in [3.05, 3.63) is 65.4 Å². The monoisotopic (exact) mass is 477 g/mol. The van der Waals surface area contributed by atoms with E-state index in [1.54, 1.807) is 25.3 Å². The number of ether oxygens (including phenoxy) is 4. The van der Waals surface area contributed by atoms with Crippen LogP contribution in [0.1, 0.15) is 22.8 Å². The van der Waals surface area contributed by atoms with Crippen LogP contribution in [0.4, 0.5) is 0 Å². The Morgan fingerprint density at radius 1 is 1.23 bits per heavy atom. The average Bonchev–Trinajstić information content (AvgIpc) is 3.30. The third-order valence-electron chi connectivity index (χ3n) is 5.86. The van der Waals surface area contributed by atoms with Crippen LogP contribution in [-0.2, 0) is 17.8 Å². The summed E-state index contributed by atoms with van der Waals surface area (Å²) in [6.07, 6.45) is 2.90. The number of hydrogen-bond donors (Lipinski definition) is 1. The third kappa shape index (κ3) is 4.37. The van der Waals surface area contributed by atoms with Gasteiger partial charge in [0.25, 0.3) is 5.88 Å². The number of aliphatic hydroxyl groups excluding tert-OH is 1. The third-order valence-corrected chi connectivity index (χ3v) is 5.86. The fourth-order valence-corrected chi connectivity index (χ4v) is 4.22. The maximum atomic E-state index is 10.6. The summed E-state index contributed by atoms with van der Waals surface area (Å²) >= 11 is 0. The fourth-order valence-electron chi connectivity index (χ4n) is 4.22. The maximum absolute atomic E-state index is 10.6. The highest BCUT2D eigenvalue weighted by Crippen LogP contribution is 2.35. The Kier molecular flexibility index (Phi) is 5.45. The van der Waals surface area contributed by atoms with Gasteiger partial charge in [-0.3, -0.25) is 0 Å². The molecule has 0 saturated carbocycles. The van der Waals surface area contributed by atoms with Gasteiger partial charge in [-0.1, -0.05) is 5.16 Å². The predicted molar refractivity (Wildman–Crippen MR) is 122 cm³/mol. The van der Waals surface area contributed by atoms with E-state index in [2.05, 4.69) is 20.1 Å². The molecule has 11 nitrogen and oxygen atoms in total. The number of rotatable bonds is 5. The number of benzene rings is 1. The summed E-state index contributed by atoms with van der Waals surface area (Å²) in [4.78, 5) is 14.4. The van der Waals surface area contributed by atoms with E-state index in [9.17, 15) is 5.11 Å². The van der Waals surface area contributed by atoms with Crippen molar-refractivity contribution in [1.82, 2.24) is 20.0 Å². The maximum Gasteiger partial charge on any atom is 0.257 e. The van der Waals surface area contributed by atoms with Crippen molar-refractivity contribution in [2.45, 2.75) is 32.4 Å². The minimum absolute atomic E-state index is 0.221. The van der Waals surface area contributed by atoms with Gasteiger partial charge in [-0.05, 0) is 42.3 Å². The van der Waals surface area contributed by atoms with Gasteiger partial charge in [0.15, 0.2) is 18.5 Å². The molecule has 0 fully saturated rings. The lowest BCUT2D eigenvalue weighted by atomic mass is 9.95. The number of aryl methyl sites for hydroxylation is 1. The van der Waals surface area contributed by atoms with Crippen molar-refractivity contribution >= 4 is 11.6 Å². The number of aliphatic imine (C=N–C) groups is 1. The summed E-state index contributed by atoms with van der Waals surface area (Å²) in [6.45, 7) is 3.12. The molecule has 3 aliphatic heterocycles. The first-order valence-corrected chi connectivity index (χ1v) is 11.3. The average molecular weight is 477 g/mol. The molecule has 11 heteroatoms. The van der Waals surface area contributed by atoms with E-state index < -0.39 is 6.35 Å². The molecule has 6 rings (SSSR count). The van der Waals surface area contributed by atoms with E-state index in [1.165, 1.54) is 0 Å². The molecule has 5 heterocycles. The van der Waals surface area contributed by atoms with Crippen LogP contribution in [0.3, 0.4) is 0 Å². The second-order valence-electron chi connectivity index (χ2n) is 8.29. The Morgan fingerprint density at radius 2 is 2.17 bits per heavy atom. The van der Waals surface area contributed by atoms with Crippen LogP contribution in [0.2, 0.25) is 0 Å². The molecule has 0 aliphatic carbocycles. The van der Waals surface area contributed by atoms with E-state index in [0.717, 1.165) is 23.2 Å². The van der Waals surface area contributed by atoms with Crippen LogP contribution in [-0.4, -0.2) is 63.2 Å². The SMILES string of the molecule is Cc1nc(COc2ccc3c(c2)CCN2C3=CC(OCC3COc4ncccc4O3)=NC2O)no1. The molecule has 2 unspecified atom stereocenters. The van der Waals surface area contributed by atoms with Gasteiger partial charge in [-0.15, -0.1) is 0 Å². The van der Waals surface area contributed by atoms with Crippen molar-refractivity contribution in [2.75, 3.05) is 19.8 Å². The zero-order valence-electron chi connectivity index (χ0n) is 19.0. The van der Waals surface area contributed by atoms with Crippen molar-refractivity contribution in [2.24, 2.45) is 4.99 Å². The molecule has 0 amide bonds. The molecule has 1 N–H and O–H groups in total. The lowest BCUT2D eigenvalue weighted by molar-refractivity contribution is 0.0348. The van der Waals surface area contributed by atoms with Gasteiger partial charge in [0, 0.05) is 31.3 Å². The Morgan fingerprint density at radius 3 is 3.06 bits per heavy atom. The molecule has 180 valence electrons. The first kappa shape index (κ1) is 21.4. The first-order chi connectivity index (χ1) is 17.1. The lowest BCUT2D eigenvalue weighted by Crippen LogP contribution is -2.41. The van der Waals surface area contributed by atoms with Crippen molar-refractivity contribution in [3.8, 4) is 17.4 Å². The van der Waals surface area contributed by atoms with Gasteiger partial charge in [-0.25, -0.2) is 4.98 Å². The molecular formula is C24H23N5O6. The quantitative estimate of drug-likeness (QED) is 0.584. The normalized spacial score (nSPS) is 20.3. The van der Waals surface area contributed by atoms with E-state index in [0.29, 0.717) is 48.1 Å². The summed E-state index contributed by atoms with van der Waals surface area (Å²) < 4.78 is 28.2. The van der Waals surface area contributed by atoms with Crippen LogP contribution in [0.5, 0.6) is 17.4 Å². The van der Waals surface area contributed by atoms with Gasteiger partial charge in [0.1, 0.15) is 19.0 Å². The van der Waals surface area contributed by atoms with Gasteiger partial charge >= 0.3 is 0 Å². The fraction of sp³-hybridized carbons (Fsp3) is 0.333. The molecular weight excluding hydrogens is 454 g/mol. The zero-order chi connectivity index (χ0) is 23.8. The highest BCUT2D eigenvalue weighted by molar-refractivity contribution is 5.97. The van der Waals surface area contributed by atoms with Crippen molar-refractivity contribution < 1.29 is 28.6 Å². The molecule has 2 aromatic heterocycles. The molecule has 0 radical (unpaired) electrons. The second kappa shape index (κ2) is 8.91. The minimum atomic E-state index is -1.02. The van der Waals surface area contributed by atoms with E-state index in [1.807, 2.05) is 29.2 Å². The number of aliphatic hydroxyl groups is 1. The predicted octanol–water partition coefficient (Wildman–Crippen LogP) is 2.10. The van der Waals surface area contributed by atoms with Gasteiger partial charge in [0.05, 0.1) is 5.70 Å². The second-order valence-corrected chi connectivity index (χ2v) is 8.29. The number of fused-ring (bicyclic) bond motifs is 4. The molecule has 3 aromatic rings. The Bertz CT molecular complexity index is 1310. The minimum Gasteiger partial charge on any atom is -0.485 e. The van der Waals surface area contributed by atoms with Crippen LogP contribution in [0.15, 0.2) is 52.1 Å². The smallest absolute Gasteiger partial charge is 0.257 e. The number of pyridine rings is 1. The van der Waals surface area contributed by atoms with E-state index in [-0.39, 0.29) is 19.3 Å². The first-order valence-electron chi connectivity index (χ1n) is 11.3. The Balaban J connectivity index is 1.14. The van der Waals surface area contributed by atoms with Crippen LogP contribution >= 0.6 is 0 Å². The highest BCUT2D eigenvalue weighted by Gasteiger charge is 2.31. The topological polar surface area (TPSA) is 125 Å². The molecule has 0 bridgehead atoms. The highest BCUT2D eigenvalue weighted by atomic mass is 16.6. The zero-order valence-corrected chi connectivity index (χ0v) is 19.0. The molecule has 0 spiro atoms. The molecule has 0 saturated heterocycles. The number of nitrogens with zero attached hydrogens (tertiary/aromatic N) is 5. The number of aromatic nitrogens is 3. The van der Waals surface area contributed by atoms with E-state index >= 15 is 0 Å². The standard InChI is InChI=1S/C24H23N5O6/c1-14-26-21(28-35-14)13-31-16-4-5-18-15(9-16)6-8-29-19(18)10-22(27-24(29)30)32-11-17-12-33-23-20(34-17)3-2-7-25-23/h2-5,7,9-10,17,24,30H,6,8,11-13H2,1H3. The lowest BCUT2D eigenvalue weighted by Gasteiger charge is -2.37. The summed E-state index contributed by atoms with van der Waals surface area (Å²) in [7, 11) is 0. The van der Waals surface area contributed by atoms with Crippen molar-refractivity contribution in [3.63, 3.8) is 0 Å². The van der Waals surface area contributed by atoms with Gasteiger partial charge < -0.3 is 33.5 Å². The summed E-state index contributed by atoms with van der Waals surface area (Å²) in [5, 5.41) is 14.5. The largest absolute Gasteiger partial charge is 0.485 e.